The van der Waals surface area contributed by atoms with Crippen molar-refractivity contribution in [1.29, 1.82) is 0 Å². The lowest BCUT2D eigenvalue weighted by molar-refractivity contribution is -0.149. The number of aromatic nitrogens is 1. The van der Waals surface area contributed by atoms with E-state index in [2.05, 4.69) is 10.3 Å². The molecular formula is C19H23N3O2. The minimum absolute atomic E-state index is 0.0419. The van der Waals surface area contributed by atoms with Crippen molar-refractivity contribution >= 4 is 22.7 Å². The molecule has 1 aromatic carbocycles. The summed E-state index contributed by atoms with van der Waals surface area (Å²) in [6, 6.07) is 7.65. The molecule has 1 aromatic heterocycles. The monoisotopic (exact) mass is 325 g/mol. The number of fused-ring (bicyclic) bond motifs is 1. The molecule has 126 valence electrons. The largest absolute Gasteiger partial charge is 0.361 e. The number of hydrogen-bond donors (Lipinski definition) is 2. The van der Waals surface area contributed by atoms with Crippen molar-refractivity contribution < 1.29 is 9.59 Å². The summed E-state index contributed by atoms with van der Waals surface area (Å²) in [6.07, 6.45) is 8.09. The van der Waals surface area contributed by atoms with E-state index in [0.29, 0.717) is 13.0 Å². The molecule has 1 aliphatic carbocycles. The van der Waals surface area contributed by atoms with Crippen LogP contribution in [-0.4, -0.2) is 34.3 Å². The van der Waals surface area contributed by atoms with Crippen molar-refractivity contribution in [3.8, 4) is 0 Å². The van der Waals surface area contributed by atoms with Crippen LogP contribution in [-0.2, 0) is 9.59 Å². The second-order valence-electron chi connectivity index (χ2n) is 6.87. The fraction of sp³-hybridized carbons (Fsp3) is 0.474. The highest BCUT2D eigenvalue weighted by molar-refractivity contribution is 5.96. The van der Waals surface area contributed by atoms with Gasteiger partial charge in [-0.05, 0) is 18.9 Å². The Bertz CT molecular complexity index is 761. The lowest BCUT2D eigenvalue weighted by atomic mass is 9.94. The molecule has 0 radical (unpaired) electrons. The smallest absolute Gasteiger partial charge is 0.247 e. The van der Waals surface area contributed by atoms with Crippen LogP contribution in [0.15, 0.2) is 30.5 Å². The number of carbonyl (C=O) groups is 2. The highest BCUT2D eigenvalue weighted by Crippen LogP contribution is 2.32. The number of aromatic amines is 1. The van der Waals surface area contributed by atoms with Gasteiger partial charge in [0, 0.05) is 41.7 Å². The molecule has 2 amide bonds. The Balaban J connectivity index is 1.64. The Morgan fingerprint density at radius 1 is 1.21 bits per heavy atom. The van der Waals surface area contributed by atoms with Crippen LogP contribution in [0.4, 0.5) is 0 Å². The molecule has 1 aliphatic heterocycles. The van der Waals surface area contributed by atoms with E-state index in [0.717, 1.165) is 29.3 Å². The number of carbonyl (C=O) groups excluding carboxylic acids is 2. The Hall–Kier alpha value is -2.30. The maximum absolute atomic E-state index is 13.0. The summed E-state index contributed by atoms with van der Waals surface area (Å²) in [6.45, 7) is 0.654. The van der Waals surface area contributed by atoms with Crippen molar-refractivity contribution in [2.24, 2.45) is 0 Å². The first kappa shape index (κ1) is 15.2. The zero-order chi connectivity index (χ0) is 16.5. The molecule has 5 nitrogen and oxygen atoms in total. The molecule has 1 saturated heterocycles. The summed E-state index contributed by atoms with van der Waals surface area (Å²) in [5.74, 6) is 0.0174. The van der Waals surface area contributed by atoms with E-state index in [9.17, 15) is 9.59 Å². The van der Waals surface area contributed by atoms with Gasteiger partial charge in [0.25, 0.3) is 0 Å². The number of hydrogen-bond acceptors (Lipinski definition) is 2. The minimum atomic E-state index is -0.524. The van der Waals surface area contributed by atoms with Gasteiger partial charge in [-0.1, -0.05) is 37.5 Å². The molecule has 2 aliphatic rings. The lowest BCUT2D eigenvalue weighted by Crippen LogP contribution is -2.52. The van der Waals surface area contributed by atoms with Crippen molar-refractivity contribution in [2.45, 2.75) is 50.6 Å². The maximum atomic E-state index is 13.0. The van der Waals surface area contributed by atoms with Crippen LogP contribution >= 0.6 is 0 Å². The number of rotatable bonds is 4. The van der Waals surface area contributed by atoms with Crippen LogP contribution in [0.2, 0.25) is 0 Å². The first-order valence-electron chi connectivity index (χ1n) is 8.90. The van der Waals surface area contributed by atoms with Crippen LogP contribution in [0.1, 0.15) is 50.1 Å². The molecule has 2 aromatic rings. The zero-order valence-electron chi connectivity index (χ0n) is 13.8. The average molecular weight is 325 g/mol. The minimum Gasteiger partial charge on any atom is -0.361 e. The fourth-order valence-electron chi connectivity index (χ4n) is 3.90. The number of β-lactam (4-membered cyclic amide) rings is 1. The molecule has 4 rings (SSSR count). The number of amides is 2. The third kappa shape index (κ3) is 2.68. The first-order valence-corrected chi connectivity index (χ1v) is 8.90. The SMILES string of the molecule is O=C(NC1CCCCC1)[C@H](c1c[nH]c2ccccc12)N1CCC1=O. The van der Waals surface area contributed by atoms with Crippen molar-refractivity contribution in [3.63, 3.8) is 0 Å². The summed E-state index contributed by atoms with van der Waals surface area (Å²) in [5, 5.41) is 4.21. The molecule has 0 unspecified atom stereocenters. The predicted molar refractivity (Wildman–Crippen MR) is 92.4 cm³/mol. The molecule has 1 saturated carbocycles. The van der Waals surface area contributed by atoms with Crippen LogP contribution < -0.4 is 5.32 Å². The van der Waals surface area contributed by atoms with E-state index >= 15 is 0 Å². The van der Waals surface area contributed by atoms with Crippen molar-refractivity contribution in [2.75, 3.05) is 6.54 Å². The Kier molecular flexibility index (Phi) is 4.00. The van der Waals surface area contributed by atoms with E-state index in [1.54, 1.807) is 4.90 Å². The number of nitrogens with zero attached hydrogens (tertiary/aromatic N) is 1. The number of H-pyrrole nitrogens is 1. The second-order valence-corrected chi connectivity index (χ2v) is 6.87. The number of para-hydroxylation sites is 1. The van der Waals surface area contributed by atoms with Crippen LogP contribution in [0, 0.1) is 0 Å². The van der Waals surface area contributed by atoms with E-state index < -0.39 is 6.04 Å². The van der Waals surface area contributed by atoms with E-state index in [1.807, 2.05) is 30.5 Å². The van der Waals surface area contributed by atoms with Gasteiger partial charge in [-0.3, -0.25) is 9.59 Å². The summed E-state index contributed by atoms with van der Waals surface area (Å²) < 4.78 is 0. The highest BCUT2D eigenvalue weighted by Gasteiger charge is 2.38. The molecule has 0 bridgehead atoms. The Labute approximate surface area is 141 Å². The molecule has 24 heavy (non-hydrogen) atoms. The third-order valence-electron chi connectivity index (χ3n) is 5.31. The van der Waals surface area contributed by atoms with E-state index in [1.165, 1.54) is 19.3 Å². The molecule has 2 N–H and O–H groups in total. The molecule has 2 heterocycles. The van der Waals surface area contributed by atoms with Gasteiger partial charge in [0.05, 0.1) is 0 Å². The summed E-state index contributed by atoms with van der Waals surface area (Å²) in [7, 11) is 0. The molecular weight excluding hydrogens is 302 g/mol. The Morgan fingerprint density at radius 2 is 2.00 bits per heavy atom. The van der Waals surface area contributed by atoms with Gasteiger partial charge in [0.1, 0.15) is 6.04 Å². The summed E-state index contributed by atoms with van der Waals surface area (Å²) >= 11 is 0. The van der Waals surface area contributed by atoms with Gasteiger partial charge in [-0.15, -0.1) is 0 Å². The van der Waals surface area contributed by atoms with Gasteiger partial charge < -0.3 is 15.2 Å². The quantitative estimate of drug-likeness (QED) is 0.849. The molecule has 1 atom stereocenters. The standard InChI is InChI=1S/C19H23N3O2/c23-17-10-11-22(17)18(19(24)21-13-6-2-1-3-7-13)15-12-20-16-9-5-4-8-14(15)16/h4-5,8-9,12-13,18,20H,1-3,6-7,10-11H2,(H,21,24)/t18-/m0/s1. The van der Waals surface area contributed by atoms with Crippen LogP contribution in [0.3, 0.4) is 0 Å². The molecule has 2 fully saturated rings. The first-order chi connectivity index (χ1) is 11.7. The normalized spacial score (nSPS) is 20.0. The van der Waals surface area contributed by atoms with Gasteiger partial charge in [-0.2, -0.15) is 0 Å². The third-order valence-corrected chi connectivity index (χ3v) is 5.31. The van der Waals surface area contributed by atoms with Gasteiger partial charge >= 0.3 is 0 Å². The highest BCUT2D eigenvalue weighted by atomic mass is 16.2. The second kappa shape index (κ2) is 6.30. The van der Waals surface area contributed by atoms with E-state index in [-0.39, 0.29) is 17.9 Å². The summed E-state index contributed by atoms with van der Waals surface area (Å²) in [5.41, 5.74) is 1.89. The molecule has 5 heteroatoms. The van der Waals surface area contributed by atoms with Crippen molar-refractivity contribution in [3.05, 3.63) is 36.0 Å². The number of nitrogens with one attached hydrogen (secondary N) is 2. The lowest BCUT2D eigenvalue weighted by Gasteiger charge is -2.38. The average Bonchev–Trinajstić information content (AvgIpc) is 3.02. The predicted octanol–water partition coefficient (Wildman–Crippen LogP) is 2.89. The fourth-order valence-corrected chi connectivity index (χ4v) is 3.90. The maximum Gasteiger partial charge on any atom is 0.247 e. The van der Waals surface area contributed by atoms with Gasteiger partial charge in [0.15, 0.2) is 0 Å². The van der Waals surface area contributed by atoms with E-state index in [4.69, 9.17) is 0 Å². The zero-order valence-corrected chi connectivity index (χ0v) is 13.8. The van der Waals surface area contributed by atoms with Gasteiger partial charge in [-0.25, -0.2) is 0 Å². The number of likely N-dealkylation sites (tertiary alicyclic amines) is 1. The Morgan fingerprint density at radius 3 is 2.71 bits per heavy atom. The van der Waals surface area contributed by atoms with Crippen LogP contribution in [0.25, 0.3) is 10.9 Å². The van der Waals surface area contributed by atoms with Gasteiger partial charge in [0.2, 0.25) is 11.8 Å². The topological polar surface area (TPSA) is 65.2 Å². The number of benzene rings is 1. The van der Waals surface area contributed by atoms with Crippen LogP contribution in [0.5, 0.6) is 0 Å². The summed E-state index contributed by atoms with van der Waals surface area (Å²) in [4.78, 5) is 30.0. The molecule has 0 spiro atoms. The van der Waals surface area contributed by atoms with Crippen molar-refractivity contribution in [1.82, 2.24) is 15.2 Å².